The number of nitrogens with zero attached hydrogens (tertiary/aromatic N) is 3. The summed E-state index contributed by atoms with van der Waals surface area (Å²) in [6.45, 7) is 1.76. The fraction of sp³-hybridized carbons (Fsp3) is 0.250. The van der Waals surface area contributed by atoms with Crippen molar-refractivity contribution >= 4 is 0 Å². The van der Waals surface area contributed by atoms with Gasteiger partial charge < -0.3 is 15.2 Å². The molecule has 0 spiro atoms. The number of aromatic nitrogens is 2. The van der Waals surface area contributed by atoms with Gasteiger partial charge in [0, 0.05) is 7.05 Å². The number of hydrogen-bond donors (Lipinski definition) is 1. The van der Waals surface area contributed by atoms with Crippen molar-refractivity contribution in [3.05, 3.63) is 52.5 Å². The zero-order valence-electron chi connectivity index (χ0n) is 13.3. The number of hydrogen-bond acceptors (Lipinski definition) is 5. The van der Waals surface area contributed by atoms with Crippen LogP contribution in [0.3, 0.4) is 0 Å². The van der Waals surface area contributed by atoms with Crippen molar-refractivity contribution in [2.75, 3.05) is 0 Å². The summed E-state index contributed by atoms with van der Waals surface area (Å²) in [5, 5.41) is 13.7. The van der Waals surface area contributed by atoms with Crippen LogP contribution in [0.4, 0.5) is 13.2 Å². The van der Waals surface area contributed by atoms with Gasteiger partial charge in [-0.3, -0.25) is 0 Å². The average Bonchev–Trinajstić information content (AvgIpc) is 2.79. The second-order valence-corrected chi connectivity index (χ2v) is 5.47. The van der Waals surface area contributed by atoms with Crippen LogP contribution in [-0.2, 0) is 7.05 Å². The Bertz CT molecular complexity index is 892. The van der Waals surface area contributed by atoms with E-state index in [1.54, 1.807) is 14.0 Å². The van der Waals surface area contributed by atoms with Gasteiger partial charge in [0.2, 0.25) is 11.8 Å². The Morgan fingerprint density at radius 2 is 1.96 bits per heavy atom. The predicted octanol–water partition coefficient (Wildman–Crippen LogP) is 2.85. The van der Waals surface area contributed by atoms with Crippen molar-refractivity contribution < 1.29 is 22.6 Å². The molecule has 9 heteroatoms. The van der Waals surface area contributed by atoms with Crippen molar-refractivity contribution in [3.63, 3.8) is 0 Å². The number of nitriles is 1. The largest absolute Gasteiger partial charge is 0.573 e. The minimum atomic E-state index is -4.77. The number of allylic oxidation sites excluding steroid dienone is 1. The molecule has 0 aliphatic carbocycles. The van der Waals surface area contributed by atoms with E-state index in [9.17, 15) is 18.4 Å². The zero-order chi connectivity index (χ0) is 18.4. The van der Waals surface area contributed by atoms with Gasteiger partial charge in [0.1, 0.15) is 17.4 Å². The first-order valence-electron chi connectivity index (χ1n) is 7.18. The number of nitrogens with two attached hydrogens (primary N) is 1. The lowest BCUT2D eigenvalue weighted by atomic mass is 9.84. The maximum absolute atomic E-state index is 12.3. The smallest absolute Gasteiger partial charge is 0.422 e. The fourth-order valence-electron chi connectivity index (χ4n) is 2.87. The Labute approximate surface area is 140 Å². The monoisotopic (exact) mass is 350 g/mol. The molecule has 0 bridgehead atoms. The molecular formula is C16H13F3N4O2. The number of ether oxygens (including phenoxy) is 2. The highest BCUT2D eigenvalue weighted by molar-refractivity contribution is 5.55. The molecule has 1 aliphatic heterocycles. The van der Waals surface area contributed by atoms with Crippen LogP contribution in [0.25, 0.3) is 0 Å². The number of benzene rings is 1. The van der Waals surface area contributed by atoms with Gasteiger partial charge in [-0.1, -0.05) is 12.1 Å². The highest BCUT2D eigenvalue weighted by atomic mass is 19.4. The molecule has 130 valence electrons. The Morgan fingerprint density at radius 3 is 2.52 bits per heavy atom. The topological polar surface area (TPSA) is 86.1 Å². The normalized spacial score (nSPS) is 16.9. The highest BCUT2D eigenvalue weighted by Crippen LogP contribution is 2.43. The van der Waals surface area contributed by atoms with E-state index in [2.05, 4.69) is 9.84 Å². The van der Waals surface area contributed by atoms with Crippen LogP contribution in [0.15, 0.2) is 35.7 Å². The molecule has 1 aromatic heterocycles. The molecule has 0 saturated carbocycles. The van der Waals surface area contributed by atoms with Crippen LogP contribution >= 0.6 is 0 Å². The molecule has 1 aromatic carbocycles. The summed E-state index contributed by atoms with van der Waals surface area (Å²) in [7, 11) is 1.67. The van der Waals surface area contributed by atoms with E-state index in [1.165, 1.54) is 28.9 Å². The van der Waals surface area contributed by atoms with Gasteiger partial charge in [0.05, 0.1) is 17.2 Å². The van der Waals surface area contributed by atoms with Gasteiger partial charge in [-0.05, 0) is 24.6 Å². The molecule has 0 amide bonds. The summed E-state index contributed by atoms with van der Waals surface area (Å²) >= 11 is 0. The van der Waals surface area contributed by atoms with Crippen molar-refractivity contribution in [1.82, 2.24) is 9.78 Å². The number of fused-ring (bicyclic) bond motifs is 1. The molecule has 0 radical (unpaired) electrons. The molecule has 2 aromatic rings. The quantitative estimate of drug-likeness (QED) is 0.900. The zero-order valence-corrected chi connectivity index (χ0v) is 13.3. The molecule has 0 saturated heterocycles. The van der Waals surface area contributed by atoms with Gasteiger partial charge in [-0.2, -0.15) is 10.4 Å². The lowest BCUT2D eigenvalue weighted by molar-refractivity contribution is -0.274. The van der Waals surface area contributed by atoms with Crippen molar-refractivity contribution in [1.29, 1.82) is 5.26 Å². The summed E-state index contributed by atoms with van der Waals surface area (Å²) in [6, 6.07) is 7.30. The fourth-order valence-corrected chi connectivity index (χ4v) is 2.87. The first-order chi connectivity index (χ1) is 11.7. The summed E-state index contributed by atoms with van der Waals surface area (Å²) in [6.07, 6.45) is -4.77. The van der Waals surface area contributed by atoms with Crippen LogP contribution in [-0.4, -0.2) is 16.1 Å². The summed E-state index contributed by atoms with van der Waals surface area (Å²) in [5.41, 5.74) is 7.88. The molecule has 1 unspecified atom stereocenters. The van der Waals surface area contributed by atoms with Crippen molar-refractivity contribution in [3.8, 4) is 17.7 Å². The van der Waals surface area contributed by atoms with E-state index in [0.29, 0.717) is 22.7 Å². The summed E-state index contributed by atoms with van der Waals surface area (Å²) in [5.74, 6) is -0.586. The minimum Gasteiger partial charge on any atom is -0.422 e. The third-order valence-corrected chi connectivity index (χ3v) is 3.83. The number of alkyl halides is 3. The van der Waals surface area contributed by atoms with Crippen molar-refractivity contribution in [2.24, 2.45) is 12.8 Å². The van der Waals surface area contributed by atoms with E-state index in [-0.39, 0.29) is 17.2 Å². The summed E-state index contributed by atoms with van der Waals surface area (Å²) < 4.78 is 47.8. The lowest BCUT2D eigenvalue weighted by Crippen LogP contribution is -2.22. The van der Waals surface area contributed by atoms with E-state index in [4.69, 9.17) is 10.5 Å². The van der Waals surface area contributed by atoms with Gasteiger partial charge in [0.25, 0.3) is 0 Å². The lowest BCUT2D eigenvalue weighted by Gasteiger charge is -2.24. The first kappa shape index (κ1) is 16.7. The molecule has 25 heavy (non-hydrogen) atoms. The van der Waals surface area contributed by atoms with Crippen LogP contribution < -0.4 is 15.2 Å². The van der Waals surface area contributed by atoms with E-state index in [0.717, 1.165) is 0 Å². The molecular weight excluding hydrogens is 337 g/mol. The Balaban J connectivity index is 2.08. The minimum absolute atomic E-state index is 0.0568. The molecule has 2 heterocycles. The highest BCUT2D eigenvalue weighted by Gasteiger charge is 2.35. The first-order valence-corrected chi connectivity index (χ1v) is 7.18. The Morgan fingerprint density at radius 1 is 1.32 bits per heavy atom. The van der Waals surface area contributed by atoms with E-state index >= 15 is 0 Å². The average molecular weight is 350 g/mol. The Kier molecular flexibility index (Phi) is 3.83. The molecule has 6 nitrogen and oxygen atoms in total. The SMILES string of the molecule is Cc1nn(C)c2c1C(c1ccc(OC(F)(F)F)cc1)C(C#N)=C(N)O2. The van der Waals surface area contributed by atoms with Gasteiger partial charge in [-0.25, -0.2) is 4.68 Å². The van der Waals surface area contributed by atoms with Crippen LogP contribution in [0, 0.1) is 18.3 Å². The third-order valence-electron chi connectivity index (χ3n) is 3.83. The van der Waals surface area contributed by atoms with Crippen LogP contribution in [0.5, 0.6) is 11.6 Å². The molecule has 1 aliphatic rings. The maximum atomic E-state index is 12.3. The number of rotatable bonds is 2. The molecule has 1 atom stereocenters. The van der Waals surface area contributed by atoms with Gasteiger partial charge in [0.15, 0.2) is 0 Å². The molecule has 3 rings (SSSR count). The summed E-state index contributed by atoms with van der Waals surface area (Å²) in [4.78, 5) is 0. The number of halogens is 3. The second kappa shape index (κ2) is 5.73. The van der Waals surface area contributed by atoms with Gasteiger partial charge >= 0.3 is 6.36 Å². The van der Waals surface area contributed by atoms with Crippen LogP contribution in [0.2, 0.25) is 0 Å². The molecule has 0 fully saturated rings. The second-order valence-electron chi connectivity index (χ2n) is 5.47. The van der Waals surface area contributed by atoms with E-state index in [1.807, 2.05) is 6.07 Å². The van der Waals surface area contributed by atoms with E-state index < -0.39 is 12.3 Å². The molecule has 2 N–H and O–H groups in total. The predicted molar refractivity (Wildman–Crippen MR) is 80.4 cm³/mol. The maximum Gasteiger partial charge on any atom is 0.573 e. The number of aryl methyl sites for hydroxylation is 2. The Hall–Kier alpha value is -3.15. The third kappa shape index (κ3) is 2.98. The van der Waals surface area contributed by atoms with Crippen LogP contribution in [0.1, 0.15) is 22.7 Å². The van der Waals surface area contributed by atoms with Crippen molar-refractivity contribution in [2.45, 2.75) is 19.2 Å². The standard InChI is InChI=1S/C16H13F3N4O2/c1-8-12-13(9-3-5-10(6-4-9)25-16(17,18)19)11(7-20)14(21)24-15(12)23(2)22-8/h3-6,13H,21H2,1-2H3. The van der Waals surface area contributed by atoms with Gasteiger partial charge in [-0.15, -0.1) is 13.2 Å².